The summed E-state index contributed by atoms with van der Waals surface area (Å²) in [6.45, 7) is 0.405. The monoisotopic (exact) mass is 446 g/mol. The Labute approximate surface area is 154 Å². The first-order valence-electron chi connectivity index (χ1n) is 7.51. The van der Waals surface area contributed by atoms with E-state index in [1.807, 2.05) is 5.43 Å². The summed E-state index contributed by atoms with van der Waals surface area (Å²) in [4.78, 5) is 0. The number of rotatable bonds is 1. The highest BCUT2D eigenvalue weighted by molar-refractivity contribution is 5.90. The largest absolute Gasteiger partial charge is 0.482 e. The summed E-state index contributed by atoms with van der Waals surface area (Å²) in [5, 5.41) is 0. The van der Waals surface area contributed by atoms with Crippen LogP contribution in [0.3, 0.4) is 0 Å². The van der Waals surface area contributed by atoms with Crippen LogP contribution in [0, 0.1) is 0 Å². The van der Waals surface area contributed by atoms with Gasteiger partial charge in [0, 0.05) is 18.9 Å². The lowest BCUT2D eigenvalue weighted by molar-refractivity contribution is -0.569. The van der Waals surface area contributed by atoms with Crippen molar-refractivity contribution in [3.05, 3.63) is 41.3 Å². The molecule has 1 aliphatic rings. The van der Waals surface area contributed by atoms with Crippen LogP contribution in [0.15, 0.2) is 30.3 Å². The molecule has 0 N–H and O–H groups in total. The molecular weight excluding hydrogens is 436 g/mol. The fraction of sp³-hybridized carbons (Fsp3) is 0.533. The average Bonchev–Trinajstić information content (AvgIpc) is 2.81. The molecule has 2 nitrogen and oxygen atoms in total. The molecule has 1 fully saturated rings. The first-order chi connectivity index (χ1) is 12.8. The minimum Gasteiger partial charge on any atom is -0.416 e. The van der Waals surface area contributed by atoms with E-state index >= 15 is 0 Å². The summed E-state index contributed by atoms with van der Waals surface area (Å²) in [6, 6.07) is 4.94. The Morgan fingerprint density at radius 2 is 1.21 bits per heavy atom. The molecule has 2 rings (SSSR count). The van der Waals surface area contributed by atoms with E-state index in [1.54, 1.807) is 0 Å². The SMILES string of the molecule is CC1(c2ccccc2)CC(C(F)(F)F)(C(F)(F)F)[N-][N+]1=C(C(F)(F)F)C(F)(F)F. The molecule has 1 unspecified atom stereocenters. The van der Waals surface area contributed by atoms with E-state index in [-0.39, 0.29) is 0 Å². The zero-order chi connectivity index (χ0) is 22.7. The van der Waals surface area contributed by atoms with E-state index < -0.39 is 58.2 Å². The molecule has 0 amide bonds. The third-order valence-electron chi connectivity index (χ3n) is 4.42. The molecule has 14 heteroatoms. The Hall–Kier alpha value is -2.15. The van der Waals surface area contributed by atoms with Gasteiger partial charge >= 0.3 is 30.4 Å². The van der Waals surface area contributed by atoms with Crippen LogP contribution in [-0.4, -0.2) is 40.6 Å². The Balaban J connectivity index is 2.98. The van der Waals surface area contributed by atoms with Gasteiger partial charge in [-0.05, 0) is 0 Å². The van der Waals surface area contributed by atoms with Crippen LogP contribution in [0.5, 0.6) is 0 Å². The number of alkyl halides is 12. The van der Waals surface area contributed by atoms with Crippen LogP contribution in [0.4, 0.5) is 52.7 Å². The van der Waals surface area contributed by atoms with E-state index in [0.717, 1.165) is 24.3 Å². The highest BCUT2D eigenvalue weighted by atomic mass is 19.4. The zero-order valence-corrected chi connectivity index (χ0v) is 14.0. The number of benzene rings is 1. The second kappa shape index (κ2) is 6.42. The normalized spacial score (nSPS) is 23.1. The van der Waals surface area contributed by atoms with Crippen LogP contribution in [-0.2, 0) is 5.54 Å². The predicted octanol–water partition coefficient (Wildman–Crippen LogP) is 6.04. The minimum atomic E-state index is -6.34. The topological polar surface area (TPSA) is 17.1 Å². The quantitative estimate of drug-likeness (QED) is 0.370. The van der Waals surface area contributed by atoms with Crippen LogP contribution >= 0.6 is 0 Å². The van der Waals surface area contributed by atoms with Crippen molar-refractivity contribution in [2.45, 2.75) is 49.1 Å². The van der Waals surface area contributed by atoms with Crippen molar-refractivity contribution in [3.8, 4) is 0 Å². The molecule has 0 aromatic heterocycles. The summed E-state index contributed by atoms with van der Waals surface area (Å²) in [7, 11) is 0. The molecule has 1 aromatic rings. The minimum absolute atomic E-state index is 0.405. The molecule has 0 radical (unpaired) electrons. The van der Waals surface area contributed by atoms with E-state index in [4.69, 9.17) is 0 Å². The second-order valence-electron chi connectivity index (χ2n) is 6.43. The second-order valence-corrected chi connectivity index (χ2v) is 6.43. The van der Waals surface area contributed by atoms with Crippen molar-refractivity contribution < 1.29 is 57.4 Å². The van der Waals surface area contributed by atoms with Crippen LogP contribution in [0.25, 0.3) is 5.43 Å². The van der Waals surface area contributed by atoms with Gasteiger partial charge < -0.3 is 5.43 Å². The summed E-state index contributed by atoms with van der Waals surface area (Å²) >= 11 is 0. The Kier molecular flexibility index (Phi) is 5.12. The smallest absolute Gasteiger partial charge is 0.416 e. The predicted molar refractivity (Wildman–Crippen MR) is 74.0 cm³/mol. The Bertz CT molecular complexity index is 755. The van der Waals surface area contributed by atoms with Crippen molar-refractivity contribution in [2.24, 2.45) is 0 Å². The molecule has 29 heavy (non-hydrogen) atoms. The molecule has 0 bridgehead atoms. The van der Waals surface area contributed by atoms with Crippen molar-refractivity contribution in [1.29, 1.82) is 0 Å². The fourth-order valence-corrected chi connectivity index (χ4v) is 3.08. The lowest BCUT2D eigenvalue weighted by Crippen LogP contribution is -2.55. The Morgan fingerprint density at radius 1 is 0.793 bits per heavy atom. The van der Waals surface area contributed by atoms with Crippen LogP contribution < -0.4 is 0 Å². The van der Waals surface area contributed by atoms with E-state index in [9.17, 15) is 52.7 Å². The molecule has 1 aromatic carbocycles. The van der Waals surface area contributed by atoms with Crippen LogP contribution in [0.1, 0.15) is 18.9 Å². The lowest BCUT2D eigenvalue weighted by Gasteiger charge is -2.39. The van der Waals surface area contributed by atoms with Gasteiger partial charge in [0.15, 0.2) is 5.54 Å². The molecule has 0 saturated carbocycles. The number of hydrogen-bond donors (Lipinski definition) is 0. The first-order valence-corrected chi connectivity index (χ1v) is 7.51. The van der Waals surface area contributed by atoms with E-state index in [0.29, 0.717) is 6.92 Å². The summed E-state index contributed by atoms with van der Waals surface area (Å²) in [5.74, 6) is 0. The third kappa shape index (κ3) is 3.72. The van der Waals surface area contributed by atoms with Crippen molar-refractivity contribution in [1.82, 2.24) is 0 Å². The van der Waals surface area contributed by atoms with Crippen molar-refractivity contribution in [3.63, 3.8) is 0 Å². The third-order valence-corrected chi connectivity index (χ3v) is 4.42. The van der Waals surface area contributed by atoms with Gasteiger partial charge in [-0.1, -0.05) is 30.3 Å². The number of hydrogen-bond acceptors (Lipinski definition) is 0. The van der Waals surface area contributed by atoms with Gasteiger partial charge in [-0.3, -0.25) is 4.68 Å². The molecule has 1 heterocycles. The lowest BCUT2D eigenvalue weighted by atomic mass is 9.80. The number of nitrogens with zero attached hydrogens (tertiary/aromatic N) is 2. The number of halogens is 12. The first kappa shape index (κ1) is 23.1. The summed E-state index contributed by atoms with van der Waals surface area (Å²) < 4.78 is 158. The average molecular weight is 446 g/mol. The van der Waals surface area contributed by atoms with Gasteiger partial charge in [0.2, 0.25) is 0 Å². The zero-order valence-electron chi connectivity index (χ0n) is 14.0. The molecule has 1 atom stereocenters. The highest BCUT2D eigenvalue weighted by Gasteiger charge is 2.75. The molecule has 164 valence electrons. The summed E-state index contributed by atoms with van der Waals surface area (Å²) in [5.41, 5.74) is -10.4. The maximum atomic E-state index is 13.4. The fourth-order valence-electron chi connectivity index (χ4n) is 3.08. The van der Waals surface area contributed by atoms with Crippen molar-refractivity contribution in [2.75, 3.05) is 0 Å². The molecule has 1 aliphatic heterocycles. The Morgan fingerprint density at radius 3 is 1.55 bits per heavy atom. The standard InChI is InChI=1S/C15H10F12N2/c1-10(8-5-3-2-4-6-8)7-11(14(22,23)24,15(25,26)27)28-29(10)9(12(16,17)18)13(19,20)21/h2-6H,7H2,1H3. The van der Waals surface area contributed by atoms with E-state index in [2.05, 4.69) is 0 Å². The van der Waals surface area contributed by atoms with Gasteiger partial charge in [-0.15, -0.1) is 0 Å². The van der Waals surface area contributed by atoms with Gasteiger partial charge in [0.1, 0.15) is 5.54 Å². The van der Waals surface area contributed by atoms with Crippen LogP contribution in [0.2, 0.25) is 0 Å². The molecule has 0 aliphatic carbocycles. The molecule has 0 spiro atoms. The highest BCUT2D eigenvalue weighted by Crippen LogP contribution is 2.60. The van der Waals surface area contributed by atoms with Gasteiger partial charge in [0.25, 0.3) is 0 Å². The van der Waals surface area contributed by atoms with Gasteiger partial charge in [-0.25, -0.2) is 0 Å². The van der Waals surface area contributed by atoms with Crippen molar-refractivity contribution >= 4 is 5.71 Å². The van der Waals surface area contributed by atoms with Gasteiger partial charge in [-0.2, -0.15) is 52.7 Å². The molecule has 1 saturated heterocycles. The maximum absolute atomic E-state index is 13.4. The van der Waals surface area contributed by atoms with E-state index in [1.165, 1.54) is 6.07 Å². The summed E-state index contributed by atoms with van der Waals surface area (Å²) in [6.07, 6.45) is -27.6. The molecular formula is C15H10F12N2. The van der Waals surface area contributed by atoms with Gasteiger partial charge in [0.05, 0.1) is 0 Å². The maximum Gasteiger partial charge on any atom is 0.482 e.